The fourth-order valence-electron chi connectivity index (χ4n) is 5.96. The van der Waals surface area contributed by atoms with Crippen molar-refractivity contribution >= 4 is 83.8 Å². The number of aryl methyl sites for hydroxylation is 2. The maximum Gasteiger partial charge on any atom is 0.271 e. The zero-order chi connectivity index (χ0) is 31.1. The summed E-state index contributed by atoms with van der Waals surface area (Å²) in [4.78, 5) is 30.7. The summed E-state index contributed by atoms with van der Waals surface area (Å²) in [5.41, 5.74) is 3.24. The van der Waals surface area contributed by atoms with Gasteiger partial charge in [-0.15, -0.1) is 0 Å². The summed E-state index contributed by atoms with van der Waals surface area (Å²) in [6.07, 6.45) is 3.31. The van der Waals surface area contributed by atoms with E-state index in [0.717, 1.165) is 41.1 Å². The molecule has 0 spiro atoms. The smallest absolute Gasteiger partial charge is 0.271 e. The average molecular weight is 647 g/mol. The van der Waals surface area contributed by atoms with E-state index in [1.54, 1.807) is 12.2 Å². The Balaban J connectivity index is 1.29. The third kappa shape index (κ3) is 4.03. The molecule has 45 heavy (non-hydrogen) atoms. The van der Waals surface area contributed by atoms with E-state index in [2.05, 4.69) is 0 Å². The van der Waals surface area contributed by atoms with Crippen molar-refractivity contribution in [2.75, 3.05) is 11.9 Å². The van der Waals surface area contributed by atoms with E-state index < -0.39 is 17.3 Å². The van der Waals surface area contributed by atoms with Gasteiger partial charge in [0.25, 0.3) is 10.0 Å². The molecule has 8 rings (SSSR count). The van der Waals surface area contributed by atoms with Gasteiger partial charge in [0.05, 0.1) is 27.4 Å². The van der Waals surface area contributed by atoms with Crippen molar-refractivity contribution in [2.24, 2.45) is 14.1 Å². The van der Waals surface area contributed by atoms with Crippen LogP contribution >= 0.6 is 34.4 Å². The van der Waals surface area contributed by atoms with Crippen LogP contribution in [0.1, 0.15) is 10.0 Å². The molecule has 0 saturated heterocycles. The van der Waals surface area contributed by atoms with Crippen LogP contribution in [-0.4, -0.2) is 23.7 Å². The first-order valence-corrected chi connectivity index (χ1v) is 16.6. The van der Waals surface area contributed by atoms with E-state index >= 15 is 0 Å². The highest BCUT2D eigenvalue weighted by molar-refractivity contribution is 8.03. The molecule has 7 nitrogen and oxygen atoms in total. The van der Waals surface area contributed by atoms with E-state index in [9.17, 15) is 19.8 Å². The maximum absolute atomic E-state index is 13.9. The predicted molar refractivity (Wildman–Crippen MR) is 176 cm³/mol. The van der Waals surface area contributed by atoms with Crippen molar-refractivity contribution in [2.45, 2.75) is 4.90 Å². The van der Waals surface area contributed by atoms with Crippen LogP contribution in [0.25, 0.3) is 32.1 Å². The summed E-state index contributed by atoms with van der Waals surface area (Å²) < 4.78 is 5.83. The number of para-hydroxylation sites is 3. The van der Waals surface area contributed by atoms with Crippen molar-refractivity contribution in [1.29, 1.82) is 0 Å². The Hall–Kier alpha value is -4.77. The number of rotatable bonds is 4. The summed E-state index contributed by atoms with van der Waals surface area (Å²) in [7, 11) is 5.65. The van der Waals surface area contributed by atoms with Crippen LogP contribution in [-0.2, 0) is 23.7 Å². The number of thiazole rings is 2. The number of nitrogens with zero attached hydrogens (tertiary/aromatic N) is 3. The standard InChI is InChI=1S/C35H23N3O4S3/c1-36-20-10-4-7-13-23(20)43-26(36)16-18-31(39)29(32(18)40)28(35-38(3)22-12-6-9-15-25(22)45-35)30-33(41)19(34(30)42)17-27-37(2)21-11-5-8-14-24(21)44-27/h4-17H,1-3H3/p+1. The molecule has 0 bridgehead atoms. The first kappa shape index (κ1) is 27.8. The number of aliphatic hydroxyl groups is 1. The van der Waals surface area contributed by atoms with Gasteiger partial charge in [0.2, 0.25) is 16.8 Å². The molecule has 2 aliphatic carbocycles. The lowest BCUT2D eigenvalue weighted by Crippen LogP contribution is -2.38. The quantitative estimate of drug-likeness (QED) is 0.211. The lowest BCUT2D eigenvalue weighted by molar-refractivity contribution is -0.642. The minimum atomic E-state index is -0.439. The number of thioether (sulfide) groups is 1. The monoisotopic (exact) mass is 646 g/mol. The number of aromatic nitrogens is 2. The number of benzene rings is 3. The van der Waals surface area contributed by atoms with Crippen LogP contribution < -0.4 is 19.1 Å². The van der Waals surface area contributed by atoms with Gasteiger partial charge in [-0.25, -0.2) is 0 Å². The summed E-state index contributed by atoms with van der Waals surface area (Å²) in [6, 6.07) is 23.5. The molecule has 3 aromatic carbocycles. The summed E-state index contributed by atoms with van der Waals surface area (Å²) in [5.74, 6) is -1.50. The normalized spacial score (nSPS) is 19.3. The molecule has 3 aliphatic rings. The molecule has 0 saturated carbocycles. The molecule has 0 amide bonds. The second-order valence-corrected chi connectivity index (χ2v) is 14.1. The third-order valence-corrected chi connectivity index (χ3v) is 12.0. The maximum atomic E-state index is 13.9. The topological polar surface area (TPSA) is 88.4 Å². The molecule has 0 fully saturated rings. The SMILES string of the molecule is CN1/C(=C/C2=C([O-])C(=C(C3=C(O)/C(=C/c4sc5ccccc5[n+]4C)C3=O)\c3sc4ccccc4[n+]3C)/C2=O)Sc2ccccc21. The molecule has 1 aliphatic heterocycles. The van der Waals surface area contributed by atoms with E-state index in [1.807, 2.05) is 108 Å². The van der Waals surface area contributed by atoms with Crippen molar-refractivity contribution in [1.82, 2.24) is 0 Å². The molecule has 2 aromatic heterocycles. The number of ketones is 2. The van der Waals surface area contributed by atoms with Gasteiger partial charge in [0.1, 0.15) is 29.3 Å². The van der Waals surface area contributed by atoms with Gasteiger partial charge in [0.15, 0.2) is 5.78 Å². The number of fused-ring (bicyclic) bond motifs is 3. The second-order valence-electron chi connectivity index (χ2n) is 10.9. The van der Waals surface area contributed by atoms with Gasteiger partial charge in [-0.2, -0.15) is 9.13 Å². The Labute approximate surface area is 270 Å². The molecule has 0 unspecified atom stereocenters. The van der Waals surface area contributed by atoms with Crippen molar-refractivity contribution in [3.05, 3.63) is 128 Å². The number of allylic oxidation sites excluding steroid dienone is 6. The summed E-state index contributed by atoms with van der Waals surface area (Å²) in [6.45, 7) is 0. The Bertz CT molecular complexity index is 2350. The summed E-state index contributed by atoms with van der Waals surface area (Å²) >= 11 is 4.39. The Morgan fingerprint density at radius 1 is 0.844 bits per heavy atom. The fraction of sp³-hybridized carbons (Fsp3) is 0.0857. The molecule has 3 heterocycles. The number of aliphatic hydroxyl groups excluding tert-OH is 1. The largest absolute Gasteiger partial charge is 0.871 e. The van der Waals surface area contributed by atoms with Crippen LogP contribution in [0, 0.1) is 0 Å². The van der Waals surface area contributed by atoms with Crippen molar-refractivity contribution in [3.63, 3.8) is 0 Å². The highest BCUT2D eigenvalue weighted by atomic mass is 32.2. The molecule has 0 atom stereocenters. The minimum absolute atomic E-state index is 0.00432. The molecule has 1 N–H and O–H groups in total. The van der Waals surface area contributed by atoms with Crippen LogP contribution in [0.2, 0.25) is 0 Å². The average Bonchev–Trinajstić information content (AvgIpc) is 3.68. The Kier molecular flexibility index (Phi) is 6.25. The van der Waals surface area contributed by atoms with E-state index in [-0.39, 0.29) is 33.6 Å². The molecule has 0 radical (unpaired) electrons. The van der Waals surface area contributed by atoms with Gasteiger partial charge >= 0.3 is 0 Å². The highest BCUT2D eigenvalue weighted by Gasteiger charge is 2.45. The lowest BCUT2D eigenvalue weighted by atomic mass is 9.76. The van der Waals surface area contributed by atoms with Gasteiger partial charge in [0, 0.05) is 41.3 Å². The first-order valence-electron chi connectivity index (χ1n) is 14.1. The molecule has 220 valence electrons. The van der Waals surface area contributed by atoms with Gasteiger partial charge < -0.3 is 15.1 Å². The fourth-order valence-corrected chi connectivity index (χ4v) is 9.35. The summed E-state index contributed by atoms with van der Waals surface area (Å²) in [5, 5.41) is 27.4. The third-order valence-electron chi connectivity index (χ3n) is 8.44. The second kappa shape index (κ2) is 10.1. The van der Waals surface area contributed by atoms with Gasteiger partial charge in [-0.3, -0.25) is 9.59 Å². The van der Waals surface area contributed by atoms with Crippen LogP contribution in [0.15, 0.2) is 123 Å². The van der Waals surface area contributed by atoms with E-state index in [0.29, 0.717) is 5.01 Å². The van der Waals surface area contributed by atoms with E-state index in [1.165, 1.54) is 34.4 Å². The first-order chi connectivity index (χ1) is 21.7. The van der Waals surface area contributed by atoms with Crippen LogP contribution in [0.5, 0.6) is 0 Å². The number of carbonyl (C=O) groups is 2. The molecule has 10 heteroatoms. The Morgan fingerprint density at radius 2 is 1.49 bits per heavy atom. The van der Waals surface area contributed by atoms with Crippen molar-refractivity contribution < 1.29 is 28.9 Å². The number of hydrogen-bond donors (Lipinski definition) is 1. The Morgan fingerprint density at radius 3 is 2.13 bits per heavy atom. The highest BCUT2D eigenvalue weighted by Crippen LogP contribution is 2.49. The predicted octanol–water partition coefficient (Wildman–Crippen LogP) is 5.28. The lowest BCUT2D eigenvalue weighted by Gasteiger charge is -2.33. The zero-order valence-electron chi connectivity index (χ0n) is 24.3. The number of anilines is 1. The molecular formula is C35H24N3O4S3+. The minimum Gasteiger partial charge on any atom is -0.871 e. The zero-order valence-corrected chi connectivity index (χ0v) is 26.8. The van der Waals surface area contributed by atoms with Gasteiger partial charge in [-0.1, -0.05) is 76.6 Å². The number of Topliss-reactive ketones (excluding diaryl/α,β-unsaturated/α-hetero) is 2. The molecule has 5 aromatic rings. The molecular weight excluding hydrogens is 623 g/mol. The van der Waals surface area contributed by atoms with E-state index in [4.69, 9.17) is 0 Å². The van der Waals surface area contributed by atoms with Crippen LogP contribution in [0.4, 0.5) is 5.69 Å². The van der Waals surface area contributed by atoms with Crippen molar-refractivity contribution in [3.8, 4) is 0 Å². The van der Waals surface area contributed by atoms with Crippen LogP contribution in [0.3, 0.4) is 0 Å². The number of carbonyl (C=O) groups excluding carboxylic acids is 2. The number of hydrogen-bond acceptors (Lipinski definition) is 8. The van der Waals surface area contributed by atoms with Gasteiger partial charge in [-0.05, 0) is 30.3 Å².